The highest BCUT2D eigenvalue weighted by Crippen LogP contribution is 2.42. The van der Waals surface area contributed by atoms with Crippen molar-refractivity contribution in [1.82, 2.24) is 14.5 Å². The molecule has 210 valence electrons. The van der Waals surface area contributed by atoms with Crippen molar-refractivity contribution in [3.8, 4) is 10.4 Å². The van der Waals surface area contributed by atoms with E-state index in [4.69, 9.17) is 20.9 Å². The molecule has 2 aromatic heterocycles. The second-order valence-corrected chi connectivity index (χ2v) is 13.3. The number of hydroxylamine groups is 1. The molecule has 9 nitrogen and oxygen atoms in total. The Hall–Kier alpha value is -2.96. The van der Waals surface area contributed by atoms with E-state index in [0.29, 0.717) is 21.3 Å². The van der Waals surface area contributed by atoms with E-state index in [1.165, 1.54) is 47.2 Å². The molecule has 12 heteroatoms. The number of hydrogen-bond donors (Lipinski definition) is 0. The second-order valence-electron chi connectivity index (χ2n) is 10.2. The fourth-order valence-corrected chi connectivity index (χ4v) is 7.13. The van der Waals surface area contributed by atoms with Crippen molar-refractivity contribution in [1.29, 1.82) is 0 Å². The average Bonchev–Trinajstić information content (AvgIpc) is 3.65. The van der Waals surface area contributed by atoms with E-state index in [2.05, 4.69) is 9.47 Å². The Morgan fingerprint density at radius 3 is 2.52 bits per heavy atom. The van der Waals surface area contributed by atoms with Crippen LogP contribution in [0.25, 0.3) is 21.5 Å². The van der Waals surface area contributed by atoms with Crippen LogP contribution >= 0.6 is 22.9 Å². The Bertz CT molecular complexity index is 1680. The minimum Gasteiger partial charge on any atom is -0.328 e. The van der Waals surface area contributed by atoms with Gasteiger partial charge in [0.15, 0.2) is 0 Å². The molecular weight excluding hydrogens is 570 g/mol. The fourth-order valence-electron chi connectivity index (χ4n) is 5.44. The molecule has 4 heterocycles. The Balaban J connectivity index is 1.30. The standard InChI is InChI=1S/C28H30ClN5O4S2/c1-19-30-23-16-22(10-11-24(23)32(19)15-5-14-31-12-3-4-13-31)33-18-34(38-40(2,36)37)25-17-26(39-27(25)28(33)35)20-6-8-21(29)9-7-20/h6-11,16-17H,3-5,12-15,18H2,1-2H3. The van der Waals surface area contributed by atoms with E-state index in [9.17, 15) is 13.2 Å². The zero-order valence-corrected chi connectivity index (χ0v) is 24.7. The van der Waals surface area contributed by atoms with E-state index >= 15 is 0 Å². The first kappa shape index (κ1) is 27.2. The summed E-state index contributed by atoms with van der Waals surface area (Å²) < 4.78 is 31.8. The van der Waals surface area contributed by atoms with Gasteiger partial charge in [0.25, 0.3) is 16.0 Å². The van der Waals surface area contributed by atoms with Crippen LogP contribution in [-0.4, -0.2) is 61.3 Å². The largest absolute Gasteiger partial charge is 0.328 e. The normalized spacial score (nSPS) is 16.3. The summed E-state index contributed by atoms with van der Waals surface area (Å²) >= 11 is 7.34. The van der Waals surface area contributed by atoms with E-state index in [1.807, 2.05) is 37.3 Å². The van der Waals surface area contributed by atoms with E-state index < -0.39 is 10.1 Å². The molecule has 0 aliphatic carbocycles. The number of amides is 1. The lowest BCUT2D eigenvalue weighted by atomic mass is 10.1. The molecule has 0 N–H and O–H groups in total. The molecule has 1 fully saturated rings. The number of carbonyl (C=O) groups excluding carboxylic acids is 1. The van der Waals surface area contributed by atoms with E-state index in [-0.39, 0.29) is 12.6 Å². The molecule has 0 radical (unpaired) electrons. The van der Waals surface area contributed by atoms with Gasteiger partial charge in [0, 0.05) is 22.1 Å². The predicted octanol–water partition coefficient (Wildman–Crippen LogP) is 5.53. The minimum absolute atomic E-state index is 0.0866. The van der Waals surface area contributed by atoms with Crippen LogP contribution in [0.15, 0.2) is 48.5 Å². The Kier molecular flexibility index (Phi) is 7.34. The molecule has 2 aromatic carbocycles. The van der Waals surface area contributed by atoms with E-state index in [1.54, 1.807) is 18.2 Å². The maximum absolute atomic E-state index is 13.8. The van der Waals surface area contributed by atoms with Crippen LogP contribution in [0.5, 0.6) is 0 Å². The Morgan fingerprint density at radius 2 is 1.80 bits per heavy atom. The number of aryl methyl sites for hydroxylation is 2. The van der Waals surface area contributed by atoms with Crippen molar-refractivity contribution < 1.29 is 17.5 Å². The number of hydrogen-bond acceptors (Lipinski definition) is 8. The summed E-state index contributed by atoms with van der Waals surface area (Å²) in [6.45, 7) is 6.24. The van der Waals surface area contributed by atoms with Gasteiger partial charge in [-0.1, -0.05) is 23.7 Å². The molecule has 1 amide bonds. The Labute approximate surface area is 242 Å². The number of carbonyl (C=O) groups is 1. The van der Waals surface area contributed by atoms with E-state index in [0.717, 1.165) is 53.1 Å². The third-order valence-corrected chi connectivity index (χ3v) is 9.20. The van der Waals surface area contributed by atoms with Crippen LogP contribution in [0.1, 0.15) is 34.8 Å². The SMILES string of the molecule is Cc1nc2cc(N3CN(OS(C)(=O)=O)c4cc(-c5ccc(Cl)cc5)sc4C3=O)ccc2n1CCCN1CCCC1. The first-order valence-corrected chi connectivity index (χ1v) is 16.3. The van der Waals surface area contributed by atoms with Crippen molar-refractivity contribution in [3.63, 3.8) is 0 Å². The minimum atomic E-state index is -3.85. The van der Waals surface area contributed by atoms with Gasteiger partial charge >= 0.3 is 0 Å². The molecule has 6 rings (SSSR count). The number of benzene rings is 2. The summed E-state index contributed by atoms with van der Waals surface area (Å²) in [5.41, 5.74) is 3.71. The molecule has 2 aliphatic rings. The van der Waals surface area contributed by atoms with Crippen LogP contribution in [0, 0.1) is 6.92 Å². The zero-order chi connectivity index (χ0) is 28.0. The summed E-state index contributed by atoms with van der Waals surface area (Å²) in [6.07, 6.45) is 4.61. The van der Waals surface area contributed by atoms with Gasteiger partial charge in [0.05, 0.1) is 23.0 Å². The molecule has 1 saturated heterocycles. The second kappa shape index (κ2) is 10.8. The number of fused-ring (bicyclic) bond motifs is 2. The van der Waals surface area contributed by atoms with Crippen molar-refractivity contribution >= 4 is 61.4 Å². The lowest BCUT2D eigenvalue weighted by Gasteiger charge is -2.34. The topological polar surface area (TPSA) is 88.0 Å². The summed E-state index contributed by atoms with van der Waals surface area (Å²) in [5.74, 6) is 0.698. The van der Waals surface area contributed by atoms with Crippen LogP contribution in [0.4, 0.5) is 11.4 Å². The van der Waals surface area contributed by atoms with Crippen molar-refractivity contribution in [3.05, 3.63) is 64.3 Å². The van der Waals surface area contributed by atoms with Gasteiger partial charge in [0.1, 0.15) is 17.4 Å². The highest BCUT2D eigenvalue weighted by Gasteiger charge is 2.35. The maximum Gasteiger partial charge on any atom is 0.285 e. The van der Waals surface area contributed by atoms with Gasteiger partial charge in [-0.3, -0.25) is 9.69 Å². The fraction of sp³-hybridized carbons (Fsp3) is 0.357. The number of thiophene rings is 1. The summed E-state index contributed by atoms with van der Waals surface area (Å²) in [7, 11) is -3.85. The number of halogens is 1. The van der Waals surface area contributed by atoms with Gasteiger partial charge in [-0.25, -0.2) is 10.0 Å². The third kappa shape index (κ3) is 5.48. The number of likely N-dealkylation sites (tertiary alicyclic amines) is 1. The number of imidazole rings is 1. The highest BCUT2D eigenvalue weighted by molar-refractivity contribution is 7.86. The van der Waals surface area contributed by atoms with Crippen LogP contribution in [0.2, 0.25) is 5.02 Å². The highest BCUT2D eigenvalue weighted by atomic mass is 35.5. The summed E-state index contributed by atoms with van der Waals surface area (Å²) in [4.78, 5) is 23.8. The van der Waals surface area contributed by atoms with Gasteiger partial charge in [-0.2, -0.15) is 8.42 Å². The van der Waals surface area contributed by atoms with Crippen molar-refractivity contribution in [2.75, 3.05) is 42.5 Å². The molecule has 0 atom stereocenters. The van der Waals surface area contributed by atoms with Crippen LogP contribution in [-0.2, 0) is 20.9 Å². The lowest BCUT2D eigenvalue weighted by molar-refractivity contribution is 0.0973. The summed E-state index contributed by atoms with van der Waals surface area (Å²) in [5, 5.41) is 1.86. The molecule has 0 spiro atoms. The molecular formula is C28H30ClN5O4S2. The van der Waals surface area contributed by atoms with Crippen molar-refractivity contribution in [2.45, 2.75) is 32.7 Å². The molecule has 0 saturated carbocycles. The van der Waals surface area contributed by atoms with Crippen LogP contribution in [0.3, 0.4) is 0 Å². The zero-order valence-electron chi connectivity index (χ0n) is 22.3. The van der Waals surface area contributed by atoms with Gasteiger partial charge < -0.3 is 9.47 Å². The molecule has 0 bridgehead atoms. The number of aromatic nitrogens is 2. The average molecular weight is 600 g/mol. The molecule has 4 aromatic rings. The summed E-state index contributed by atoms with van der Waals surface area (Å²) in [6, 6.07) is 14.8. The molecule has 40 heavy (non-hydrogen) atoms. The number of rotatable bonds is 8. The monoisotopic (exact) mass is 599 g/mol. The predicted molar refractivity (Wildman–Crippen MR) is 160 cm³/mol. The van der Waals surface area contributed by atoms with Gasteiger partial charge in [0.2, 0.25) is 0 Å². The van der Waals surface area contributed by atoms with Gasteiger partial charge in [-0.15, -0.1) is 15.6 Å². The van der Waals surface area contributed by atoms with Gasteiger partial charge in [-0.05, 0) is 87.8 Å². The Morgan fingerprint density at radius 1 is 1.05 bits per heavy atom. The third-order valence-electron chi connectivity index (χ3n) is 7.33. The van der Waals surface area contributed by atoms with Crippen LogP contribution < -0.4 is 9.96 Å². The number of anilines is 2. The van der Waals surface area contributed by atoms with Crippen molar-refractivity contribution in [2.24, 2.45) is 0 Å². The molecule has 0 unspecified atom stereocenters. The first-order valence-electron chi connectivity index (χ1n) is 13.2. The first-order chi connectivity index (χ1) is 19.2. The smallest absolute Gasteiger partial charge is 0.285 e. The maximum atomic E-state index is 13.8. The molecule has 2 aliphatic heterocycles. The number of nitrogens with zero attached hydrogens (tertiary/aromatic N) is 5. The lowest BCUT2D eigenvalue weighted by Crippen LogP contribution is -2.46. The quantitative estimate of drug-likeness (QED) is 0.263.